The normalized spacial score (nSPS) is 15.5. The van der Waals surface area contributed by atoms with Crippen molar-refractivity contribution in [2.75, 3.05) is 19.0 Å². The zero-order chi connectivity index (χ0) is 21.8. The summed E-state index contributed by atoms with van der Waals surface area (Å²) in [7, 11) is 4.11. The van der Waals surface area contributed by atoms with Gasteiger partial charge in [0.25, 0.3) is 0 Å². The minimum atomic E-state index is 0.0787. The molecule has 0 amide bonds. The molecule has 4 rings (SSSR count). The average Bonchev–Trinajstić information content (AvgIpc) is 3.24. The van der Waals surface area contributed by atoms with Gasteiger partial charge in [-0.3, -0.25) is 0 Å². The number of aryl methyl sites for hydroxylation is 1. The van der Waals surface area contributed by atoms with Gasteiger partial charge in [-0.05, 0) is 53.5 Å². The van der Waals surface area contributed by atoms with E-state index in [1.807, 2.05) is 23.2 Å². The third kappa shape index (κ3) is 4.78. The Balaban J connectivity index is 1.63. The molecule has 1 unspecified atom stereocenters. The van der Waals surface area contributed by atoms with Crippen LogP contribution in [0, 0.1) is 6.92 Å². The number of nitrogens with one attached hydrogen (secondary N) is 1. The smallest absolute Gasteiger partial charge is 0.190 e. The highest BCUT2D eigenvalue weighted by Gasteiger charge is 2.32. The standard InChI is InChI=1S/C26H28N4S/c1-19-10-7-8-15-23(19)25-17-24(21-13-9-14-22(16-21)29(2)3)28-30(25)26(31)27-18-20-11-5-4-6-12-20/h4-16,25H,17-18H2,1-3H3,(H,27,31). The van der Waals surface area contributed by atoms with Crippen molar-refractivity contribution >= 4 is 28.7 Å². The summed E-state index contributed by atoms with van der Waals surface area (Å²) in [4.78, 5) is 2.11. The third-order valence-corrected chi connectivity index (χ3v) is 5.98. The van der Waals surface area contributed by atoms with Gasteiger partial charge in [0.1, 0.15) is 0 Å². The molecule has 0 radical (unpaired) electrons. The molecule has 0 spiro atoms. The Morgan fingerprint density at radius 3 is 2.52 bits per heavy atom. The Labute approximate surface area is 190 Å². The number of nitrogens with zero attached hydrogens (tertiary/aromatic N) is 3. The molecule has 4 nitrogen and oxygen atoms in total. The Morgan fingerprint density at radius 2 is 1.77 bits per heavy atom. The summed E-state index contributed by atoms with van der Waals surface area (Å²) >= 11 is 5.80. The zero-order valence-electron chi connectivity index (χ0n) is 18.2. The van der Waals surface area contributed by atoms with E-state index >= 15 is 0 Å². The Kier molecular flexibility index (Phi) is 6.33. The fourth-order valence-electron chi connectivity index (χ4n) is 3.89. The highest BCUT2D eigenvalue weighted by molar-refractivity contribution is 7.80. The van der Waals surface area contributed by atoms with E-state index in [1.54, 1.807) is 0 Å². The SMILES string of the molecule is Cc1ccccc1C1CC(c2cccc(N(C)C)c2)=NN1C(=S)NCc1ccccc1. The van der Waals surface area contributed by atoms with Gasteiger partial charge in [0.2, 0.25) is 0 Å². The molecule has 0 bridgehead atoms. The van der Waals surface area contributed by atoms with Crippen LogP contribution in [0.5, 0.6) is 0 Å². The van der Waals surface area contributed by atoms with Crippen molar-refractivity contribution in [3.8, 4) is 0 Å². The average molecular weight is 429 g/mol. The molecule has 158 valence electrons. The summed E-state index contributed by atoms with van der Waals surface area (Å²) in [5.74, 6) is 0. The first-order valence-corrected chi connectivity index (χ1v) is 11.0. The van der Waals surface area contributed by atoms with Gasteiger partial charge in [0, 0.05) is 32.7 Å². The molecule has 0 saturated heterocycles. The van der Waals surface area contributed by atoms with E-state index in [2.05, 4.69) is 91.9 Å². The largest absolute Gasteiger partial charge is 0.378 e. The molecule has 1 N–H and O–H groups in total. The lowest BCUT2D eigenvalue weighted by Crippen LogP contribution is -2.36. The molecule has 1 aliphatic heterocycles. The first-order chi connectivity index (χ1) is 15.0. The van der Waals surface area contributed by atoms with Crippen LogP contribution in [0.4, 0.5) is 5.69 Å². The second-order valence-electron chi connectivity index (χ2n) is 8.06. The van der Waals surface area contributed by atoms with Crippen molar-refractivity contribution in [3.05, 3.63) is 101 Å². The second kappa shape index (κ2) is 9.31. The van der Waals surface area contributed by atoms with E-state index in [9.17, 15) is 0 Å². The lowest BCUT2D eigenvalue weighted by Gasteiger charge is -2.26. The molecule has 3 aromatic rings. The Morgan fingerprint density at radius 1 is 1.03 bits per heavy atom. The minimum Gasteiger partial charge on any atom is -0.378 e. The number of hydrazone groups is 1. The van der Waals surface area contributed by atoms with Crippen LogP contribution in [0.3, 0.4) is 0 Å². The summed E-state index contributed by atoms with van der Waals surface area (Å²) in [5.41, 5.74) is 7.06. The van der Waals surface area contributed by atoms with Crippen LogP contribution in [0.25, 0.3) is 0 Å². The quantitative estimate of drug-likeness (QED) is 0.560. The Hall–Kier alpha value is -3.18. The summed E-state index contributed by atoms with van der Waals surface area (Å²) in [5, 5.41) is 11.0. The van der Waals surface area contributed by atoms with Crippen LogP contribution < -0.4 is 10.2 Å². The molecule has 0 aromatic heterocycles. The highest BCUT2D eigenvalue weighted by atomic mass is 32.1. The number of thiocarbonyl (C=S) groups is 1. The summed E-state index contributed by atoms with van der Waals surface area (Å²) < 4.78 is 0. The van der Waals surface area contributed by atoms with Gasteiger partial charge in [-0.15, -0.1) is 0 Å². The second-order valence-corrected chi connectivity index (χ2v) is 8.44. The van der Waals surface area contributed by atoms with E-state index in [4.69, 9.17) is 17.3 Å². The fourth-order valence-corrected chi connectivity index (χ4v) is 4.13. The van der Waals surface area contributed by atoms with Crippen molar-refractivity contribution in [2.45, 2.75) is 25.9 Å². The molecule has 1 atom stereocenters. The topological polar surface area (TPSA) is 30.9 Å². The van der Waals surface area contributed by atoms with Gasteiger partial charge in [-0.2, -0.15) is 5.10 Å². The summed E-state index contributed by atoms with van der Waals surface area (Å²) in [6.07, 6.45) is 0.814. The van der Waals surface area contributed by atoms with Crippen molar-refractivity contribution in [2.24, 2.45) is 5.10 Å². The van der Waals surface area contributed by atoms with Crippen molar-refractivity contribution in [1.82, 2.24) is 10.3 Å². The third-order valence-electron chi connectivity index (χ3n) is 5.65. The van der Waals surface area contributed by atoms with Crippen molar-refractivity contribution in [1.29, 1.82) is 0 Å². The predicted molar refractivity (Wildman–Crippen MR) is 134 cm³/mol. The lowest BCUT2D eigenvalue weighted by molar-refractivity contribution is 0.362. The maximum atomic E-state index is 5.80. The minimum absolute atomic E-state index is 0.0787. The van der Waals surface area contributed by atoms with Crippen LogP contribution in [-0.4, -0.2) is 29.9 Å². The van der Waals surface area contributed by atoms with Crippen molar-refractivity contribution < 1.29 is 0 Å². The molecule has 31 heavy (non-hydrogen) atoms. The molecule has 0 saturated carbocycles. The van der Waals surface area contributed by atoms with Crippen LogP contribution in [-0.2, 0) is 6.54 Å². The lowest BCUT2D eigenvalue weighted by atomic mass is 9.95. The molecular weight excluding hydrogens is 400 g/mol. The Bertz CT molecular complexity index is 1090. The monoisotopic (exact) mass is 428 g/mol. The van der Waals surface area contributed by atoms with Gasteiger partial charge < -0.3 is 10.2 Å². The van der Waals surface area contributed by atoms with Gasteiger partial charge in [0.05, 0.1) is 11.8 Å². The number of hydrogen-bond donors (Lipinski definition) is 1. The highest BCUT2D eigenvalue weighted by Crippen LogP contribution is 2.35. The van der Waals surface area contributed by atoms with Gasteiger partial charge in [-0.25, -0.2) is 5.01 Å². The molecule has 3 aromatic carbocycles. The van der Waals surface area contributed by atoms with Crippen molar-refractivity contribution in [3.63, 3.8) is 0 Å². The van der Waals surface area contributed by atoms with Crippen LogP contribution >= 0.6 is 12.2 Å². The summed E-state index contributed by atoms with van der Waals surface area (Å²) in [6, 6.07) is 27.4. The van der Waals surface area contributed by atoms with E-state index in [0.717, 1.165) is 23.4 Å². The maximum Gasteiger partial charge on any atom is 0.190 e. The zero-order valence-corrected chi connectivity index (χ0v) is 19.1. The van der Waals surface area contributed by atoms with E-state index in [0.29, 0.717) is 11.7 Å². The van der Waals surface area contributed by atoms with E-state index in [-0.39, 0.29) is 6.04 Å². The number of hydrogen-bond acceptors (Lipinski definition) is 3. The van der Waals surface area contributed by atoms with E-state index in [1.165, 1.54) is 16.7 Å². The number of anilines is 1. The van der Waals surface area contributed by atoms with Gasteiger partial charge >= 0.3 is 0 Å². The van der Waals surface area contributed by atoms with Crippen LogP contribution in [0.2, 0.25) is 0 Å². The molecule has 1 heterocycles. The first-order valence-electron chi connectivity index (χ1n) is 10.5. The molecule has 0 fully saturated rings. The first kappa shape index (κ1) is 21.1. The molecule has 0 aliphatic carbocycles. The summed E-state index contributed by atoms with van der Waals surface area (Å²) in [6.45, 7) is 2.83. The molecule has 5 heteroatoms. The van der Waals surface area contributed by atoms with Gasteiger partial charge in [0.15, 0.2) is 5.11 Å². The molecular formula is C26H28N4S. The van der Waals surface area contributed by atoms with E-state index < -0.39 is 0 Å². The van der Waals surface area contributed by atoms with Crippen LogP contribution in [0.1, 0.15) is 34.7 Å². The molecule has 1 aliphatic rings. The number of rotatable bonds is 5. The van der Waals surface area contributed by atoms with Crippen LogP contribution in [0.15, 0.2) is 84.0 Å². The predicted octanol–water partition coefficient (Wildman–Crippen LogP) is 5.29. The fraction of sp³-hybridized carbons (Fsp3) is 0.231. The number of benzene rings is 3. The maximum absolute atomic E-state index is 5.80. The van der Waals surface area contributed by atoms with Gasteiger partial charge in [-0.1, -0.05) is 66.7 Å².